The van der Waals surface area contributed by atoms with Gasteiger partial charge in [-0.1, -0.05) is 6.07 Å². The zero-order valence-corrected chi connectivity index (χ0v) is 11.0. The van der Waals surface area contributed by atoms with E-state index >= 15 is 0 Å². The Hall–Kier alpha value is -1.73. The van der Waals surface area contributed by atoms with Crippen LogP contribution >= 0.6 is 11.3 Å². The van der Waals surface area contributed by atoms with Gasteiger partial charge in [0.25, 0.3) is 0 Å². The molecule has 0 bridgehead atoms. The summed E-state index contributed by atoms with van der Waals surface area (Å²) in [6.07, 6.45) is 1.18. The molecule has 0 aliphatic heterocycles. The Morgan fingerprint density at radius 2 is 2.17 bits per heavy atom. The number of hydrogen-bond acceptors (Lipinski definition) is 5. The third-order valence-electron chi connectivity index (χ3n) is 2.55. The Balaban J connectivity index is 2.31. The highest BCUT2D eigenvalue weighted by Crippen LogP contribution is 2.25. The molecule has 92 valence electrons. The van der Waals surface area contributed by atoms with E-state index < -0.39 is 9.84 Å². The molecule has 0 saturated carbocycles. The first kappa shape index (κ1) is 11.4. The van der Waals surface area contributed by atoms with E-state index in [9.17, 15) is 8.42 Å². The number of H-pyrrole nitrogens is 1. The summed E-state index contributed by atoms with van der Waals surface area (Å²) in [6.45, 7) is 0. The summed E-state index contributed by atoms with van der Waals surface area (Å²) in [5, 5.41) is 1.86. The van der Waals surface area contributed by atoms with Crippen LogP contribution in [0.2, 0.25) is 0 Å². The van der Waals surface area contributed by atoms with E-state index in [1.54, 1.807) is 23.7 Å². The number of para-hydroxylation sites is 1. The lowest BCUT2D eigenvalue weighted by atomic mass is 10.3. The van der Waals surface area contributed by atoms with Crippen molar-refractivity contribution in [3.63, 3.8) is 0 Å². The van der Waals surface area contributed by atoms with Crippen LogP contribution in [0.25, 0.3) is 22.6 Å². The monoisotopic (exact) mass is 279 g/mol. The molecule has 5 nitrogen and oxygen atoms in total. The first-order valence-electron chi connectivity index (χ1n) is 5.13. The predicted octanol–water partition coefficient (Wildman–Crippen LogP) is 2.09. The van der Waals surface area contributed by atoms with Crippen molar-refractivity contribution in [1.29, 1.82) is 0 Å². The Morgan fingerprint density at radius 3 is 2.83 bits per heavy atom. The van der Waals surface area contributed by atoms with Crippen molar-refractivity contribution in [2.45, 2.75) is 4.90 Å². The van der Waals surface area contributed by atoms with Crippen molar-refractivity contribution < 1.29 is 8.42 Å². The summed E-state index contributed by atoms with van der Waals surface area (Å²) in [5.41, 5.74) is 3.58. The fraction of sp³-hybridized carbons (Fsp3) is 0.0909. The molecule has 3 rings (SSSR count). The molecule has 2 aromatic heterocycles. The number of thiazole rings is 1. The van der Waals surface area contributed by atoms with Gasteiger partial charge in [-0.15, -0.1) is 11.3 Å². The van der Waals surface area contributed by atoms with Crippen molar-refractivity contribution in [2.24, 2.45) is 0 Å². The van der Waals surface area contributed by atoms with Crippen molar-refractivity contribution in [1.82, 2.24) is 15.0 Å². The van der Waals surface area contributed by atoms with Gasteiger partial charge in [-0.3, -0.25) is 0 Å². The molecule has 0 fully saturated rings. The highest BCUT2D eigenvalue weighted by atomic mass is 32.2. The number of sulfone groups is 1. The van der Waals surface area contributed by atoms with Gasteiger partial charge in [-0.2, -0.15) is 0 Å². The van der Waals surface area contributed by atoms with E-state index in [0.717, 1.165) is 5.69 Å². The number of hydrogen-bond donors (Lipinski definition) is 1. The Bertz CT molecular complexity index is 804. The lowest BCUT2D eigenvalue weighted by Gasteiger charge is -1.97. The highest BCUT2D eigenvalue weighted by Gasteiger charge is 2.16. The normalized spacial score (nSPS) is 12.1. The molecule has 0 radical (unpaired) electrons. The standard InChI is InChI=1S/C11H9N3O2S2/c1-18(15,16)9-4-2-3-7-10(9)14-11(13-7)8-5-17-6-12-8/h2-6H,1H3,(H,13,14). The van der Waals surface area contributed by atoms with Crippen LogP contribution in [0, 0.1) is 0 Å². The van der Waals surface area contributed by atoms with Crippen LogP contribution < -0.4 is 0 Å². The fourth-order valence-electron chi connectivity index (χ4n) is 1.76. The minimum Gasteiger partial charge on any atom is -0.337 e. The van der Waals surface area contributed by atoms with E-state index in [2.05, 4.69) is 15.0 Å². The van der Waals surface area contributed by atoms with Gasteiger partial charge in [0.1, 0.15) is 11.2 Å². The molecule has 0 aliphatic carbocycles. The zero-order chi connectivity index (χ0) is 12.8. The number of fused-ring (bicyclic) bond motifs is 1. The zero-order valence-electron chi connectivity index (χ0n) is 9.41. The number of aromatic nitrogens is 3. The number of nitrogens with zero attached hydrogens (tertiary/aromatic N) is 2. The third kappa shape index (κ3) is 1.81. The number of aromatic amines is 1. The molecule has 0 saturated heterocycles. The highest BCUT2D eigenvalue weighted by molar-refractivity contribution is 7.91. The van der Waals surface area contributed by atoms with Crippen LogP contribution in [0.5, 0.6) is 0 Å². The van der Waals surface area contributed by atoms with Gasteiger partial charge in [0.15, 0.2) is 15.7 Å². The summed E-state index contributed by atoms with van der Waals surface area (Å²) < 4.78 is 23.4. The van der Waals surface area contributed by atoms with Crippen LogP contribution in [0.15, 0.2) is 34.0 Å². The summed E-state index contributed by atoms with van der Waals surface area (Å²) in [5.74, 6) is 0.586. The third-order valence-corrected chi connectivity index (χ3v) is 4.26. The number of imidazole rings is 1. The molecule has 1 N–H and O–H groups in total. The van der Waals surface area contributed by atoms with Crippen molar-refractivity contribution in [2.75, 3.05) is 6.26 Å². The molecule has 0 amide bonds. The smallest absolute Gasteiger partial charge is 0.177 e. The van der Waals surface area contributed by atoms with Gasteiger partial charge in [0.2, 0.25) is 0 Å². The fourth-order valence-corrected chi connectivity index (χ4v) is 3.13. The van der Waals surface area contributed by atoms with Gasteiger partial charge < -0.3 is 4.98 Å². The second kappa shape index (κ2) is 3.89. The molecule has 2 heterocycles. The van der Waals surface area contributed by atoms with Gasteiger partial charge in [-0.25, -0.2) is 18.4 Å². The van der Waals surface area contributed by atoms with Crippen LogP contribution in [0.3, 0.4) is 0 Å². The SMILES string of the molecule is CS(=O)(=O)c1cccc2[nH]c(-c3cscn3)nc12. The summed E-state index contributed by atoms with van der Waals surface area (Å²) in [7, 11) is -3.29. The molecule has 3 aromatic rings. The average Bonchev–Trinajstić information content (AvgIpc) is 2.95. The van der Waals surface area contributed by atoms with E-state index in [-0.39, 0.29) is 4.90 Å². The average molecular weight is 279 g/mol. The molecule has 1 aromatic carbocycles. The second-order valence-electron chi connectivity index (χ2n) is 3.88. The maximum Gasteiger partial charge on any atom is 0.177 e. The minimum atomic E-state index is -3.29. The largest absolute Gasteiger partial charge is 0.337 e. The first-order valence-corrected chi connectivity index (χ1v) is 7.96. The summed E-state index contributed by atoms with van der Waals surface area (Å²) in [6, 6.07) is 5.05. The molecule has 0 spiro atoms. The lowest BCUT2D eigenvalue weighted by Crippen LogP contribution is -1.97. The van der Waals surface area contributed by atoms with Gasteiger partial charge in [0, 0.05) is 11.6 Å². The van der Waals surface area contributed by atoms with Crippen molar-refractivity contribution in [3.8, 4) is 11.5 Å². The summed E-state index contributed by atoms with van der Waals surface area (Å²) in [4.78, 5) is 11.8. The molecule has 0 aliphatic rings. The molecule has 18 heavy (non-hydrogen) atoms. The van der Waals surface area contributed by atoms with Crippen molar-refractivity contribution >= 4 is 32.2 Å². The molecule has 0 atom stereocenters. The van der Waals surface area contributed by atoms with E-state index in [1.165, 1.54) is 17.6 Å². The van der Waals surface area contributed by atoms with Gasteiger partial charge in [0.05, 0.1) is 15.9 Å². The van der Waals surface area contributed by atoms with Crippen LogP contribution in [0.1, 0.15) is 0 Å². The minimum absolute atomic E-state index is 0.234. The second-order valence-corrected chi connectivity index (χ2v) is 6.59. The molecular formula is C11H9N3O2S2. The van der Waals surface area contributed by atoms with Crippen molar-refractivity contribution in [3.05, 3.63) is 29.1 Å². The Labute approximate surface area is 107 Å². The number of benzene rings is 1. The van der Waals surface area contributed by atoms with Crippen LogP contribution in [-0.4, -0.2) is 29.6 Å². The van der Waals surface area contributed by atoms with E-state index in [4.69, 9.17) is 0 Å². The number of rotatable bonds is 2. The maximum atomic E-state index is 11.7. The molecular weight excluding hydrogens is 270 g/mol. The van der Waals surface area contributed by atoms with E-state index in [1.807, 2.05) is 5.38 Å². The Kier molecular flexibility index (Phi) is 2.46. The molecule has 0 unspecified atom stereocenters. The lowest BCUT2D eigenvalue weighted by molar-refractivity contribution is 0.602. The van der Waals surface area contributed by atoms with Crippen LogP contribution in [-0.2, 0) is 9.84 Å². The van der Waals surface area contributed by atoms with E-state index in [0.29, 0.717) is 16.9 Å². The quantitative estimate of drug-likeness (QED) is 0.779. The van der Waals surface area contributed by atoms with Gasteiger partial charge >= 0.3 is 0 Å². The first-order chi connectivity index (χ1) is 8.55. The Morgan fingerprint density at radius 1 is 1.33 bits per heavy atom. The maximum absolute atomic E-state index is 11.7. The molecule has 7 heteroatoms. The predicted molar refractivity (Wildman–Crippen MR) is 70.3 cm³/mol. The summed E-state index contributed by atoms with van der Waals surface area (Å²) >= 11 is 1.46. The van der Waals surface area contributed by atoms with Gasteiger partial charge in [-0.05, 0) is 12.1 Å². The van der Waals surface area contributed by atoms with Crippen LogP contribution in [0.4, 0.5) is 0 Å². The number of nitrogens with one attached hydrogen (secondary N) is 1. The topological polar surface area (TPSA) is 75.7 Å².